The Hall–Kier alpha value is -2.47. The van der Waals surface area contributed by atoms with Crippen LogP contribution in [0.2, 0.25) is 0 Å². The lowest BCUT2D eigenvalue weighted by molar-refractivity contribution is -0.148. The summed E-state index contributed by atoms with van der Waals surface area (Å²) in [6, 6.07) is 17.6. The molecule has 0 spiro atoms. The number of rotatable bonds is 9. The van der Waals surface area contributed by atoms with Crippen molar-refractivity contribution < 1.29 is 44.8 Å². The van der Waals surface area contributed by atoms with Crippen LogP contribution in [-0.4, -0.2) is 44.8 Å². The van der Waals surface area contributed by atoms with Gasteiger partial charge in [0.25, 0.3) is 0 Å². The molecule has 0 radical (unpaired) electrons. The van der Waals surface area contributed by atoms with E-state index in [1.165, 1.54) is 0 Å². The van der Waals surface area contributed by atoms with Gasteiger partial charge in [-0.2, -0.15) is 21.6 Å². The van der Waals surface area contributed by atoms with Gasteiger partial charge in [-0.3, -0.25) is 0 Å². The van der Waals surface area contributed by atoms with E-state index in [1.807, 2.05) is 6.07 Å². The van der Waals surface area contributed by atoms with Crippen LogP contribution >= 0.6 is 0 Å². The van der Waals surface area contributed by atoms with E-state index in [0.717, 1.165) is 5.56 Å². The van der Waals surface area contributed by atoms with Crippen molar-refractivity contribution in [2.24, 2.45) is 0 Å². The normalized spacial score (nSPS) is 21.8. The van der Waals surface area contributed by atoms with Gasteiger partial charge in [0, 0.05) is 0 Å². The summed E-state index contributed by atoms with van der Waals surface area (Å²) >= 11 is 0. The van der Waals surface area contributed by atoms with Crippen molar-refractivity contribution in [3.63, 3.8) is 0 Å². The minimum Gasteiger partial charge on any atom is -0.455 e. The van der Waals surface area contributed by atoms with Crippen LogP contribution in [0.4, 0.5) is 13.2 Å². The highest BCUT2D eigenvalue weighted by molar-refractivity contribution is 7.87. The standard InChI is InChI=1S/C20H19F3O7S/c21-20(22,23)31(25,26)30-18-17(28-12-15-9-5-2-6-10-15)16(29-19(18)24)13-27-11-14-7-3-1-4-8-14/h1-10,16-18H,11-13H2/t16-,17-,18+/m1/s1. The van der Waals surface area contributed by atoms with Gasteiger partial charge in [-0.05, 0) is 11.1 Å². The molecule has 0 unspecified atom stereocenters. The van der Waals surface area contributed by atoms with E-state index in [1.54, 1.807) is 54.6 Å². The number of alkyl halides is 3. The fourth-order valence-corrected chi connectivity index (χ4v) is 3.43. The lowest BCUT2D eigenvalue weighted by Crippen LogP contribution is -2.41. The second-order valence-electron chi connectivity index (χ2n) is 6.65. The van der Waals surface area contributed by atoms with Gasteiger partial charge in [-0.25, -0.2) is 8.98 Å². The SMILES string of the molecule is O=C1O[C@H](COCc2ccccc2)[C@@H](OCc2ccccc2)[C@@H]1OS(=O)(=O)C(F)(F)F. The Bertz CT molecular complexity index is 965. The average Bonchev–Trinajstić information content (AvgIpc) is 3.01. The second kappa shape index (κ2) is 9.77. The number of halogens is 3. The third-order valence-corrected chi connectivity index (χ3v) is 5.39. The highest BCUT2D eigenvalue weighted by Crippen LogP contribution is 2.31. The highest BCUT2D eigenvalue weighted by atomic mass is 32.2. The molecular formula is C20H19F3O7S. The van der Waals surface area contributed by atoms with Crippen molar-refractivity contribution in [2.75, 3.05) is 6.61 Å². The van der Waals surface area contributed by atoms with Crippen molar-refractivity contribution in [3.05, 3.63) is 71.8 Å². The molecule has 0 aromatic heterocycles. The van der Waals surface area contributed by atoms with E-state index in [2.05, 4.69) is 4.18 Å². The van der Waals surface area contributed by atoms with Gasteiger partial charge in [0.1, 0.15) is 6.10 Å². The average molecular weight is 460 g/mol. The molecule has 0 bridgehead atoms. The zero-order valence-corrected chi connectivity index (χ0v) is 16.8. The smallest absolute Gasteiger partial charge is 0.455 e. The number of cyclic esters (lactones) is 1. The van der Waals surface area contributed by atoms with Crippen molar-refractivity contribution in [3.8, 4) is 0 Å². The quantitative estimate of drug-likeness (QED) is 0.323. The van der Waals surface area contributed by atoms with E-state index in [9.17, 15) is 26.4 Å². The topological polar surface area (TPSA) is 88.1 Å². The third-order valence-electron chi connectivity index (χ3n) is 4.36. The van der Waals surface area contributed by atoms with Gasteiger partial charge in [-0.1, -0.05) is 60.7 Å². The number of hydrogen-bond donors (Lipinski definition) is 0. The summed E-state index contributed by atoms with van der Waals surface area (Å²) in [5.74, 6) is -1.28. The van der Waals surface area contributed by atoms with Crippen molar-refractivity contribution in [2.45, 2.75) is 37.0 Å². The number of hydrogen-bond acceptors (Lipinski definition) is 7. The van der Waals surface area contributed by atoms with E-state index in [4.69, 9.17) is 14.2 Å². The van der Waals surface area contributed by atoms with E-state index in [-0.39, 0.29) is 19.8 Å². The maximum Gasteiger partial charge on any atom is 0.523 e. The summed E-state index contributed by atoms with van der Waals surface area (Å²) < 4.78 is 81.4. The van der Waals surface area contributed by atoms with Crippen LogP contribution in [0.25, 0.3) is 0 Å². The van der Waals surface area contributed by atoms with Gasteiger partial charge < -0.3 is 14.2 Å². The molecule has 1 aliphatic heterocycles. The minimum absolute atomic E-state index is 0.108. The molecule has 0 amide bonds. The Morgan fingerprint density at radius 2 is 1.45 bits per heavy atom. The molecule has 1 fully saturated rings. The van der Waals surface area contributed by atoms with Gasteiger partial charge in [0.05, 0.1) is 19.8 Å². The first-order chi connectivity index (χ1) is 14.7. The van der Waals surface area contributed by atoms with Crippen molar-refractivity contribution >= 4 is 16.1 Å². The Balaban J connectivity index is 1.72. The first-order valence-corrected chi connectivity index (χ1v) is 10.6. The molecule has 11 heteroatoms. The first-order valence-electron chi connectivity index (χ1n) is 9.14. The summed E-state index contributed by atoms with van der Waals surface area (Å²) in [5.41, 5.74) is -4.22. The summed E-state index contributed by atoms with van der Waals surface area (Å²) in [7, 11) is -6.04. The Labute approximate surface area is 176 Å². The largest absolute Gasteiger partial charge is 0.523 e. The Morgan fingerprint density at radius 3 is 2.00 bits per heavy atom. The van der Waals surface area contributed by atoms with E-state index in [0.29, 0.717) is 5.56 Å². The number of benzene rings is 2. The summed E-state index contributed by atoms with van der Waals surface area (Å²) in [4.78, 5) is 12.1. The van der Waals surface area contributed by atoms with E-state index < -0.39 is 39.9 Å². The van der Waals surface area contributed by atoms with Crippen LogP contribution in [0.5, 0.6) is 0 Å². The fourth-order valence-electron chi connectivity index (χ4n) is 2.85. The predicted octanol–water partition coefficient (Wildman–Crippen LogP) is 2.95. The third kappa shape index (κ3) is 6.03. The molecule has 2 aromatic rings. The number of esters is 1. The molecule has 7 nitrogen and oxygen atoms in total. The molecule has 3 atom stereocenters. The summed E-state index contributed by atoms with van der Waals surface area (Å²) in [6.07, 6.45) is -4.70. The highest BCUT2D eigenvalue weighted by Gasteiger charge is 2.55. The van der Waals surface area contributed by atoms with Gasteiger partial charge in [0.2, 0.25) is 6.10 Å². The second-order valence-corrected chi connectivity index (χ2v) is 8.22. The molecule has 1 heterocycles. The maximum absolute atomic E-state index is 12.7. The van der Waals surface area contributed by atoms with Crippen LogP contribution in [0, 0.1) is 0 Å². The zero-order chi connectivity index (χ0) is 22.5. The molecule has 168 valence electrons. The number of carbonyl (C=O) groups is 1. The van der Waals surface area contributed by atoms with Gasteiger partial charge in [0.15, 0.2) is 6.10 Å². The number of ether oxygens (including phenoxy) is 3. The van der Waals surface area contributed by atoms with Crippen molar-refractivity contribution in [1.82, 2.24) is 0 Å². The van der Waals surface area contributed by atoms with Crippen LogP contribution in [0.1, 0.15) is 11.1 Å². The predicted molar refractivity (Wildman–Crippen MR) is 101 cm³/mol. The lowest BCUT2D eigenvalue weighted by atomic mass is 10.1. The first kappa shape index (κ1) is 23.2. The summed E-state index contributed by atoms with van der Waals surface area (Å²) in [5, 5.41) is 0. The van der Waals surface area contributed by atoms with Crippen LogP contribution in [0.15, 0.2) is 60.7 Å². The van der Waals surface area contributed by atoms with Gasteiger partial charge >= 0.3 is 21.6 Å². The van der Waals surface area contributed by atoms with Gasteiger partial charge in [-0.15, -0.1) is 0 Å². The molecule has 3 rings (SSSR count). The van der Waals surface area contributed by atoms with Crippen molar-refractivity contribution in [1.29, 1.82) is 0 Å². The monoisotopic (exact) mass is 460 g/mol. The van der Waals surface area contributed by atoms with Crippen LogP contribution in [-0.2, 0) is 46.5 Å². The Kier molecular flexibility index (Phi) is 7.31. The lowest BCUT2D eigenvalue weighted by Gasteiger charge is -2.22. The van der Waals surface area contributed by atoms with E-state index >= 15 is 0 Å². The van der Waals surface area contributed by atoms with Crippen LogP contribution < -0.4 is 0 Å². The fraction of sp³-hybridized carbons (Fsp3) is 0.350. The molecular weight excluding hydrogens is 441 g/mol. The molecule has 0 saturated carbocycles. The number of carbonyl (C=O) groups excluding carboxylic acids is 1. The van der Waals surface area contributed by atoms with Crippen LogP contribution in [0.3, 0.4) is 0 Å². The molecule has 1 aliphatic rings. The molecule has 1 saturated heterocycles. The maximum atomic E-state index is 12.7. The molecule has 0 N–H and O–H groups in total. The Morgan fingerprint density at radius 1 is 0.903 bits per heavy atom. The molecule has 2 aromatic carbocycles. The molecule has 31 heavy (non-hydrogen) atoms. The molecule has 0 aliphatic carbocycles. The zero-order valence-electron chi connectivity index (χ0n) is 16.0. The summed E-state index contributed by atoms with van der Waals surface area (Å²) in [6.45, 7) is -0.193. The minimum atomic E-state index is -6.04.